The standard InChI is InChI=1S/C6H15NO3.C3H5NO2.C3H6O2/c8-4-1-7(2-5-9)3-6-10;1-2(4)3(5)6;1-2-3(4)5/h8-10H,1-6H2;4H,1H3,(H,5,6);2H2,1H3,(H,4,5). The van der Waals surface area contributed by atoms with Gasteiger partial charge in [-0.05, 0) is 6.92 Å². The van der Waals surface area contributed by atoms with E-state index < -0.39 is 11.9 Å². The van der Waals surface area contributed by atoms with Crippen molar-refractivity contribution >= 4 is 17.7 Å². The van der Waals surface area contributed by atoms with Crippen molar-refractivity contribution in [3.8, 4) is 0 Å². The van der Waals surface area contributed by atoms with Crippen LogP contribution in [0.25, 0.3) is 0 Å². The second kappa shape index (κ2) is 18.4. The first-order chi connectivity index (χ1) is 9.76. The van der Waals surface area contributed by atoms with Crippen LogP contribution in [0, 0.1) is 5.41 Å². The van der Waals surface area contributed by atoms with Crippen LogP contribution in [0.2, 0.25) is 0 Å². The first kappa shape index (κ1) is 24.5. The van der Waals surface area contributed by atoms with Crippen molar-refractivity contribution < 1.29 is 35.1 Å². The lowest BCUT2D eigenvalue weighted by Crippen LogP contribution is -2.32. The Kier molecular flexibility index (Phi) is 21.5. The second-order valence-electron chi connectivity index (χ2n) is 3.69. The third kappa shape index (κ3) is 27.6. The number of carboxylic acids is 2. The van der Waals surface area contributed by atoms with Crippen LogP contribution in [0.1, 0.15) is 20.3 Å². The molecule has 0 rings (SSSR count). The number of hydrogen-bond donors (Lipinski definition) is 6. The van der Waals surface area contributed by atoms with Gasteiger partial charge in [0.05, 0.1) is 19.8 Å². The molecular weight excluding hydrogens is 284 g/mol. The fraction of sp³-hybridized carbons (Fsp3) is 0.750. The molecule has 0 bridgehead atoms. The first-order valence-corrected chi connectivity index (χ1v) is 6.31. The minimum absolute atomic E-state index is 0.0694. The summed E-state index contributed by atoms with van der Waals surface area (Å²) < 4.78 is 0. The molecule has 0 aliphatic rings. The monoisotopic (exact) mass is 310 g/mol. The van der Waals surface area contributed by atoms with Crippen molar-refractivity contribution in [3.63, 3.8) is 0 Å². The molecule has 0 aromatic rings. The molecule has 6 N–H and O–H groups in total. The van der Waals surface area contributed by atoms with Crippen LogP contribution in [0.15, 0.2) is 0 Å². The van der Waals surface area contributed by atoms with Crippen molar-refractivity contribution in [2.75, 3.05) is 39.5 Å². The summed E-state index contributed by atoms with van der Waals surface area (Å²) in [5, 5.41) is 47.3. The lowest BCUT2D eigenvalue weighted by molar-refractivity contribution is -0.136. The minimum atomic E-state index is -1.16. The third-order valence-corrected chi connectivity index (χ3v) is 1.87. The fourth-order valence-corrected chi connectivity index (χ4v) is 0.760. The quantitative estimate of drug-likeness (QED) is 0.306. The van der Waals surface area contributed by atoms with Crippen molar-refractivity contribution in [3.05, 3.63) is 0 Å². The first-order valence-electron chi connectivity index (χ1n) is 6.31. The highest BCUT2D eigenvalue weighted by molar-refractivity contribution is 6.33. The summed E-state index contributed by atoms with van der Waals surface area (Å²) in [5.41, 5.74) is -0.324. The molecule has 0 heterocycles. The van der Waals surface area contributed by atoms with Gasteiger partial charge in [0.1, 0.15) is 5.71 Å². The summed E-state index contributed by atoms with van der Waals surface area (Å²) in [5.74, 6) is -1.90. The summed E-state index contributed by atoms with van der Waals surface area (Å²) >= 11 is 0. The molecule has 0 aliphatic heterocycles. The van der Waals surface area contributed by atoms with Gasteiger partial charge in [0.2, 0.25) is 0 Å². The molecule has 0 spiro atoms. The Balaban J connectivity index is -0.000000252. The number of hydrogen-bond acceptors (Lipinski definition) is 7. The highest BCUT2D eigenvalue weighted by atomic mass is 16.4. The molecule has 9 nitrogen and oxygen atoms in total. The molecule has 0 amide bonds. The zero-order valence-electron chi connectivity index (χ0n) is 12.4. The van der Waals surface area contributed by atoms with Crippen LogP contribution in [0.3, 0.4) is 0 Å². The molecule has 9 heteroatoms. The number of aliphatic carboxylic acids is 2. The predicted molar refractivity (Wildman–Crippen MR) is 76.7 cm³/mol. The van der Waals surface area contributed by atoms with Gasteiger partial charge in [-0.2, -0.15) is 0 Å². The minimum Gasteiger partial charge on any atom is -0.481 e. The topological polar surface area (TPSA) is 162 Å². The van der Waals surface area contributed by atoms with E-state index in [0.29, 0.717) is 19.6 Å². The molecule has 0 radical (unpaired) electrons. The van der Waals surface area contributed by atoms with Crippen molar-refractivity contribution in [2.24, 2.45) is 0 Å². The number of nitrogens with one attached hydrogen (secondary N) is 1. The Labute approximate surface area is 124 Å². The fourth-order valence-electron chi connectivity index (χ4n) is 0.760. The summed E-state index contributed by atoms with van der Waals surface area (Å²) in [7, 11) is 0. The smallest absolute Gasteiger partial charge is 0.349 e. The van der Waals surface area contributed by atoms with E-state index in [2.05, 4.69) is 0 Å². The molecule has 0 aromatic carbocycles. The van der Waals surface area contributed by atoms with Gasteiger partial charge in [0.15, 0.2) is 0 Å². The zero-order valence-corrected chi connectivity index (χ0v) is 12.4. The van der Waals surface area contributed by atoms with E-state index in [0.717, 1.165) is 0 Å². The maximum Gasteiger partial charge on any atom is 0.349 e. The Morgan fingerprint density at radius 2 is 1.19 bits per heavy atom. The van der Waals surface area contributed by atoms with Crippen LogP contribution >= 0.6 is 0 Å². The number of aliphatic hydroxyl groups excluding tert-OH is 3. The van der Waals surface area contributed by atoms with Gasteiger partial charge >= 0.3 is 11.9 Å². The Bertz CT molecular complexity index is 259. The molecule has 0 aromatic heterocycles. The van der Waals surface area contributed by atoms with E-state index in [9.17, 15) is 9.59 Å². The maximum atomic E-state index is 9.47. The Morgan fingerprint density at radius 3 is 1.29 bits per heavy atom. The van der Waals surface area contributed by atoms with Gasteiger partial charge in [0.25, 0.3) is 0 Å². The highest BCUT2D eigenvalue weighted by Crippen LogP contribution is 1.84. The summed E-state index contributed by atoms with van der Waals surface area (Å²) in [4.78, 5) is 20.6. The van der Waals surface area contributed by atoms with Gasteiger partial charge in [-0.25, -0.2) is 4.79 Å². The van der Waals surface area contributed by atoms with E-state index in [1.54, 1.807) is 11.8 Å². The van der Waals surface area contributed by atoms with Crippen molar-refractivity contribution in [1.29, 1.82) is 5.41 Å². The number of carboxylic acid groups (broad SMARTS) is 2. The van der Waals surface area contributed by atoms with Crippen molar-refractivity contribution in [2.45, 2.75) is 20.3 Å². The Hall–Kier alpha value is -1.55. The number of carbonyl (C=O) groups is 2. The van der Waals surface area contributed by atoms with Crippen LogP contribution in [-0.4, -0.2) is 87.5 Å². The highest BCUT2D eigenvalue weighted by Gasteiger charge is 2.00. The molecule has 0 aliphatic carbocycles. The molecular formula is C12H26N2O7. The Morgan fingerprint density at radius 1 is 0.952 bits per heavy atom. The number of aliphatic hydroxyl groups is 3. The van der Waals surface area contributed by atoms with Gasteiger partial charge in [-0.15, -0.1) is 0 Å². The normalized spacial score (nSPS) is 9.05. The van der Waals surface area contributed by atoms with Gasteiger partial charge in [0, 0.05) is 26.1 Å². The van der Waals surface area contributed by atoms with Gasteiger partial charge in [-0.3, -0.25) is 15.1 Å². The van der Waals surface area contributed by atoms with E-state index in [1.807, 2.05) is 0 Å². The maximum absolute atomic E-state index is 9.47. The predicted octanol–water partition coefficient (Wildman–Crippen LogP) is -1.14. The SMILES string of the molecule is CC(=N)C(=O)O.CCC(=O)O.OCCN(CCO)CCO. The zero-order chi connectivity index (χ0) is 17.3. The average molecular weight is 310 g/mol. The van der Waals surface area contributed by atoms with Gasteiger partial charge < -0.3 is 25.5 Å². The molecule has 0 atom stereocenters. The van der Waals surface area contributed by atoms with E-state index in [4.69, 9.17) is 30.9 Å². The molecule has 0 saturated carbocycles. The molecule has 0 fully saturated rings. The average Bonchev–Trinajstić information content (AvgIpc) is 2.41. The number of rotatable bonds is 8. The van der Waals surface area contributed by atoms with Crippen LogP contribution < -0.4 is 0 Å². The summed E-state index contributed by atoms with van der Waals surface area (Å²) in [6.07, 6.45) is 0.222. The van der Waals surface area contributed by atoms with E-state index in [-0.39, 0.29) is 32.0 Å². The van der Waals surface area contributed by atoms with Crippen LogP contribution in [0.5, 0.6) is 0 Å². The summed E-state index contributed by atoms with van der Waals surface area (Å²) in [6.45, 7) is 4.58. The van der Waals surface area contributed by atoms with Crippen LogP contribution in [0.4, 0.5) is 0 Å². The third-order valence-electron chi connectivity index (χ3n) is 1.87. The number of nitrogens with zero attached hydrogens (tertiary/aromatic N) is 1. The van der Waals surface area contributed by atoms with Crippen molar-refractivity contribution in [1.82, 2.24) is 4.90 Å². The van der Waals surface area contributed by atoms with Crippen LogP contribution in [-0.2, 0) is 9.59 Å². The molecule has 0 saturated heterocycles. The van der Waals surface area contributed by atoms with E-state index >= 15 is 0 Å². The van der Waals surface area contributed by atoms with E-state index in [1.165, 1.54) is 6.92 Å². The molecule has 21 heavy (non-hydrogen) atoms. The summed E-state index contributed by atoms with van der Waals surface area (Å²) in [6, 6.07) is 0. The molecule has 126 valence electrons. The lowest BCUT2D eigenvalue weighted by Gasteiger charge is -2.17. The molecule has 0 unspecified atom stereocenters. The second-order valence-corrected chi connectivity index (χ2v) is 3.69. The largest absolute Gasteiger partial charge is 0.481 e. The van der Waals surface area contributed by atoms with Gasteiger partial charge in [-0.1, -0.05) is 6.92 Å². The lowest BCUT2D eigenvalue weighted by atomic mass is 10.4.